The van der Waals surface area contributed by atoms with Crippen molar-refractivity contribution in [2.24, 2.45) is 0 Å². The van der Waals surface area contributed by atoms with Crippen molar-refractivity contribution in [3.8, 4) is 5.75 Å². The van der Waals surface area contributed by atoms with Gasteiger partial charge in [0.25, 0.3) is 5.56 Å². The molecule has 2 aliphatic rings. The van der Waals surface area contributed by atoms with E-state index in [4.69, 9.17) is 4.74 Å². The molecule has 7 heteroatoms. The largest absolute Gasteiger partial charge is 0.494 e. The van der Waals surface area contributed by atoms with Gasteiger partial charge in [-0.3, -0.25) is 19.4 Å². The van der Waals surface area contributed by atoms with Crippen LogP contribution in [-0.4, -0.2) is 28.0 Å². The second kappa shape index (κ2) is 8.47. The van der Waals surface area contributed by atoms with Gasteiger partial charge in [-0.1, -0.05) is 38.3 Å². The molecule has 0 saturated heterocycles. The van der Waals surface area contributed by atoms with Crippen LogP contribution in [0, 0.1) is 0 Å². The van der Waals surface area contributed by atoms with E-state index in [-0.39, 0.29) is 22.8 Å². The lowest BCUT2D eigenvalue weighted by atomic mass is 10.1. The smallest absolute Gasteiger partial charge is 0.270 e. The van der Waals surface area contributed by atoms with Crippen LogP contribution in [-0.2, 0) is 4.79 Å². The second-order valence-electron chi connectivity index (χ2n) is 7.52. The molecule has 0 unspecified atom stereocenters. The Labute approximate surface area is 169 Å². The van der Waals surface area contributed by atoms with Gasteiger partial charge in [0.15, 0.2) is 0 Å². The first kappa shape index (κ1) is 19.2. The maximum Gasteiger partial charge on any atom is 0.270 e. The van der Waals surface area contributed by atoms with Crippen molar-refractivity contribution in [2.45, 2.75) is 56.7 Å². The molecule has 1 aromatic heterocycles. The molecule has 0 bridgehead atoms. The molecule has 4 rings (SSSR count). The van der Waals surface area contributed by atoms with E-state index >= 15 is 0 Å². The van der Waals surface area contributed by atoms with Gasteiger partial charge < -0.3 is 10.1 Å². The van der Waals surface area contributed by atoms with Gasteiger partial charge in [-0.15, -0.1) is 11.8 Å². The normalized spacial score (nSPS) is 19.9. The van der Waals surface area contributed by atoms with Crippen molar-refractivity contribution in [1.82, 2.24) is 9.78 Å². The van der Waals surface area contributed by atoms with Gasteiger partial charge in [-0.05, 0) is 37.0 Å². The monoisotopic (exact) mass is 401 g/mol. The molecule has 2 aromatic rings. The van der Waals surface area contributed by atoms with Gasteiger partial charge in [-0.25, -0.2) is 0 Å². The third-order valence-electron chi connectivity index (χ3n) is 5.50. The lowest BCUT2D eigenvalue weighted by Gasteiger charge is -2.17. The molecule has 0 radical (unpaired) electrons. The zero-order chi connectivity index (χ0) is 19.5. The number of carbonyl (C=O) groups excluding carboxylic acids is 1. The quantitative estimate of drug-likeness (QED) is 0.710. The number of aromatic amines is 1. The van der Waals surface area contributed by atoms with Gasteiger partial charge >= 0.3 is 0 Å². The summed E-state index contributed by atoms with van der Waals surface area (Å²) in [4.78, 5) is 25.2. The predicted octanol–water partition coefficient (Wildman–Crippen LogP) is 4.25. The average molecular weight is 402 g/mol. The Kier molecular flexibility index (Phi) is 5.80. The highest BCUT2D eigenvalue weighted by atomic mass is 32.2. The summed E-state index contributed by atoms with van der Waals surface area (Å²) in [5.41, 5.74) is 1.56. The molecule has 1 atom stereocenters. The van der Waals surface area contributed by atoms with Crippen molar-refractivity contribution in [3.05, 3.63) is 45.7 Å². The van der Waals surface area contributed by atoms with Crippen LogP contribution in [0.3, 0.4) is 0 Å². The van der Waals surface area contributed by atoms with Crippen LogP contribution in [0.4, 0.5) is 5.82 Å². The van der Waals surface area contributed by atoms with E-state index in [9.17, 15) is 9.59 Å². The van der Waals surface area contributed by atoms with Crippen LogP contribution in [0.1, 0.15) is 67.9 Å². The van der Waals surface area contributed by atoms with Crippen LogP contribution in [0.5, 0.6) is 5.75 Å². The first-order valence-corrected chi connectivity index (χ1v) is 11.2. The van der Waals surface area contributed by atoms with Crippen molar-refractivity contribution >= 4 is 23.5 Å². The van der Waals surface area contributed by atoms with Crippen molar-refractivity contribution in [3.63, 3.8) is 0 Å². The van der Waals surface area contributed by atoms with Crippen molar-refractivity contribution in [1.29, 1.82) is 0 Å². The third-order valence-corrected chi connectivity index (χ3v) is 6.77. The van der Waals surface area contributed by atoms with E-state index in [2.05, 4.69) is 17.3 Å². The van der Waals surface area contributed by atoms with Crippen LogP contribution in [0.15, 0.2) is 29.1 Å². The third kappa shape index (κ3) is 3.85. The average Bonchev–Trinajstić information content (AvgIpc) is 3.28. The maximum atomic E-state index is 12.9. The minimum Gasteiger partial charge on any atom is -0.494 e. The molecule has 1 fully saturated rings. The Morgan fingerprint density at radius 3 is 2.64 bits per heavy atom. The molecule has 1 amide bonds. The lowest BCUT2D eigenvalue weighted by Crippen LogP contribution is -2.18. The number of nitrogens with zero attached hydrogens (tertiary/aromatic N) is 1. The van der Waals surface area contributed by atoms with E-state index in [1.165, 1.54) is 11.8 Å². The number of rotatable bonds is 6. The number of amides is 1. The molecule has 6 nitrogen and oxygen atoms in total. The van der Waals surface area contributed by atoms with Crippen LogP contribution in [0.25, 0.3) is 0 Å². The number of hydrogen-bond donors (Lipinski definition) is 2. The van der Waals surface area contributed by atoms with Crippen molar-refractivity contribution < 1.29 is 9.53 Å². The Bertz CT molecular complexity index is 881. The van der Waals surface area contributed by atoms with Gasteiger partial charge in [0, 0.05) is 0 Å². The molecule has 0 spiro atoms. The summed E-state index contributed by atoms with van der Waals surface area (Å²) in [6.45, 7) is 2.85. The molecule has 1 saturated carbocycles. The van der Waals surface area contributed by atoms with Crippen LogP contribution < -0.4 is 15.6 Å². The number of benzene rings is 1. The highest BCUT2D eigenvalue weighted by molar-refractivity contribution is 8.00. The number of thioether (sulfide) groups is 1. The van der Waals surface area contributed by atoms with E-state index in [0.717, 1.165) is 49.8 Å². The first-order chi connectivity index (χ1) is 13.7. The molecular weight excluding hydrogens is 374 g/mol. The van der Waals surface area contributed by atoms with Crippen LogP contribution in [0.2, 0.25) is 0 Å². The minimum atomic E-state index is -0.176. The fourth-order valence-corrected chi connectivity index (χ4v) is 5.14. The summed E-state index contributed by atoms with van der Waals surface area (Å²) in [6.07, 6.45) is 6.52. The van der Waals surface area contributed by atoms with Gasteiger partial charge in [0.05, 0.1) is 29.2 Å². The molecule has 1 aliphatic heterocycles. The van der Waals surface area contributed by atoms with Crippen LogP contribution >= 0.6 is 11.8 Å². The number of nitrogens with one attached hydrogen (secondary N) is 2. The van der Waals surface area contributed by atoms with E-state index in [1.54, 1.807) is 0 Å². The van der Waals surface area contributed by atoms with E-state index < -0.39 is 0 Å². The van der Waals surface area contributed by atoms with Crippen molar-refractivity contribution in [2.75, 3.05) is 17.7 Å². The summed E-state index contributed by atoms with van der Waals surface area (Å²) in [6, 6.07) is 8.17. The summed E-state index contributed by atoms with van der Waals surface area (Å²) < 4.78 is 7.66. The Balaban J connectivity index is 1.65. The molecule has 2 heterocycles. The molecular formula is C21H27N3O3S. The van der Waals surface area contributed by atoms with Gasteiger partial charge in [-0.2, -0.15) is 0 Å². The van der Waals surface area contributed by atoms with E-state index in [0.29, 0.717) is 23.7 Å². The molecule has 28 heavy (non-hydrogen) atoms. The first-order valence-electron chi connectivity index (χ1n) is 10.2. The molecule has 1 aliphatic carbocycles. The predicted molar refractivity (Wildman–Crippen MR) is 112 cm³/mol. The summed E-state index contributed by atoms with van der Waals surface area (Å²) in [7, 11) is 0. The van der Waals surface area contributed by atoms with Gasteiger partial charge in [0.2, 0.25) is 5.91 Å². The number of anilines is 1. The zero-order valence-electron chi connectivity index (χ0n) is 16.2. The molecule has 1 aromatic carbocycles. The highest BCUT2D eigenvalue weighted by Crippen LogP contribution is 2.42. The SMILES string of the molecule is CCCCOc1ccc([C@@H]2SCC(=O)Nc3c2c(=O)[nH]n3C2CCCC2)cc1. The maximum absolute atomic E-state index is 12.9. The molecule has 2 N–H and O–H groups in total. The summed E-state index contributed by atoms with van der Waals surface area (Å²) in [5.74, 6) is 1.76. The Morgan fingerprint density at radius 2 is 1.93 bits per heavy atom. The lowest BCUT2D eigenvalue weighted by molar-refractivity contribution is -0.113. The number of fused-ring (bicyclic) bond motifs is 1. The highest BCUT2D eigenvalue weighted by Gasteiger charge is 2.32. The fourth-order valence-electron chi connectivity index (χ4n) is 4.02. The number of unbranched alkanes of at least 4 members (excludes halogenated alkanes) is 1. The Morgan fingerprint density at radius 1 is 1.18 bits per heavy atom. The number of carbonyl (C=O) groups is 1. The fraction of sp³-hybridized carbons (Fsp3) is 0.524. The van der Waals surface area contributed by atoms with Gasteiger partial charge in [0.1, 0.15) is 11.6 Å². The number of hydrogen-bond acceptors (Lipinski definition) is 4. The number of aromatic nitrogens is 2. The minimum absolute atomic E-state index is 0.0565. The summed E-state index contributed by atoms with van der Waals surface area (Å²) >= 11 is 1.50. The topological polar surface area (TPSA) is 76.1 Å². The van der Waals surface area contributed by atoms with E-state index in [1.807, 2.05) is 28.9 Å². The zero-order valence-corrected chi connectivity index (χ0v) is 17.0. The second-order valence-corrected chi connectivity index (χ2v) is 8.62. The number of ether oxygens (including phenoxy) is 1. The Hall–Kier alpha value is -2.15. The standard InChI is InChI=1S/C21H27N3O3S/c1-2-3-12-27-16-10-8-14(9-11-16)19-18-20(22-17(25)13-28-19)24(23-21(18)26)15-6-4-5-7-15/h8-11,15,19H,2-7,12-13H2,1H3,(H,22,25)(H,23,26)/t19-/m0/s1. The molecule has 150 valence electrons. The summed E-state index contributed by atoms with van der Waals surface area (Å²) in [5, 5.41) is 5.80. The number of H-pyrrole nitrogens is 1.